The molecule has 1 heterocycles. The van der Waals surface area contributed by atoms with Crippen LogP contribution in [-0.2, 0) is 4.79 Å². The molecule has 1 atom stereocenters. The normalized spacial score (nSPS) is 11.6. The average Bonchev–Trinajstić information content (AvgIpc) is 2.99. The molecule has 1 unspecified atom stereocenters. The van der Waals surface area contributed by atoms with E-state index < -0.39 is 17.9 Å². The Morgan fingerprint density at radius 1 is 1.29 bits per heavy atom. The van der Waals surface area contributed by atoms with Gasteiger partial charge >= 0.3 is 5.97 Å². The molecule has 8 heteroatoms. The number of aryl methyl sites for hydroxylation is 1. The number of ether oxygens (including phenoxy) is 2. The second-order valence-electron chi connectivity index (χ2n) is 5.01. The predicted molar refractivity (Wildman–Crippen MR) is 83.2 cm³/mol. The summed E-state index contributed by atoms with van der Waals surface area (Å²) in [6.07, 6.45) is 0.862. The molecule has 0 saturated heterocycles. The summed E-state index contributed by atoms with van der Waals surface area (Å²) in [5.41, 5.74) is 0.995. The molecule has 0 aliphatic rings. The van der Waals surface area contributed by atoms with Crippen LogP contribution in [-0.4, -0.2) is 36.2 Å². The van der Waals surface area contributed by atoms with Crippen molar-refractivity contribution in [2.75, 3.05) is 14.2 Å². The number of methoxy groups -OCH3 is 2. The molecular formula is C16H18N2O6. The number of aromatic nitrogens is 1. The fourth-order valence-electron chi connectivity index (χ4n) is 2.24. The minimum absolute atomic E-state index is 0.0471. The summed E-state index contributed by atoms with van der Waals surface area (Å²) < 4.78 is 15.4. The third-order valence-corrected chi connectivity index (χ3v) is 3.45. The van der Waals surface area contributed by atoms with Crippen LogP contribution in [0.1, 0.15) is 34.3 Å². The molecule has 8 nitrogen and oxygen atoms in total. The number of carbonyl (C=O) groups is 2. The van der Waals surface area contributed by atoms with Gasteiger partial charge in [-0.2, -0.15) is 0 Å². The Morgan fingerprint density at radius 2 is 2.00 bits per heavy atom. The molecule has 0 saturated carbocycles. The van der Waals surface area contributed by atoms with Crippen LogP contribution >= 0.6 is 0 Å². The van der Waals surface area contributed by atoms with E-state index in [-0.39, 0.29) is 12.2 Å². The topological polar surface area (TPSA) is 111 Å². The highest BCUT2D eigenvalue weighted by atomic mass is 16.5. The van der Waals surface area contributed by atoms with Gasteiger partial charge in [0.1, 0.15) is 0 Å². The van der Waals surface area contributed by atoms with Crippen molar-refractivity contribution in [3.63, 3.8) is 0 Å². The summed E-state index contributed by atoms with van der Waals surface area (Å²) >= 11 is 0. The Morgan fingerprint density at radius 3 is 2.54 bits per heavy atom. The molecule has 2 aromatic rings. The van der Waals surface area contributed by atoms with Gasteiger partial charge in [0.05, 0.1) is 32.4 Å². The lowest BCUT2D eigenvalue weighted by Crippen LogP contribution is -2.30. The van der Waals surface area contributed by atoms with Gasteiger partial charge in [-0.3, -0.25) is 9.59 Å². The first kappa shape index (κ1) is 17.3. The van der Waals surface area contributed by atoms with Crippen LogP contribution in [0.15, 0.2) is 29.0 Å². The number of carboxylic acid groups (broad SMARTS) is 1. The number of nitrogens with one attached hydrogen (secondary N) is 1. The van der Waals surface area contributed by atoms with Crippen molar-refractivity contribution < 1.29 is 28.6 Å². The molecular weight excluding hydrogens is 316 g/mol. The van der Waals surface area contributed by atoms with Gasteiger partial charge in [0.2, 0.25) is 5.76 Å². The van der Waals surface area contributed by atoms with Gasteiger partial charge < -0.3 is 24.3 Å². The molecule has 0 fully saturated rings. The van der Waals surface area contributed by atoms with Crippen LogP contribution in [0, 0.1) is 6.92 Å². The molecule has 0 aliphatic heterocycles. The average molecular weight is 334 g/mol. The highest BCUT2D eigenvalue weighted by Crippen LogP contribution is 2.31. The van der Waals surface area contributed by atoms with Gasteiger partial charge in [-0.05, 0) is 24.6 Å². The van der Waals surface area contributed by atoms with Crippen LogP contribution in [0.5, 0.6) is 11.5 Å². The van der Waals surface area contributed by atoms with E-state index in [2.05, 4.69) is 10.3 Å². The van der Waals surface area contributed by atoms with E-state index in [4.69, 9.17) is 19.0 Å². The zero-order chi connectivity index (χ0) is 17.7. The Bertz CT molecular complexity index is 740. The number of benzene rings is 1. The van der Waals surface area contributed by atoms with Crippen molar-refractivity contribution in [2.24, 2.45) is 0 Å². The third-order valence-electron chi connectivity index (χ3n) is 3.45. The first-order valence-corrected chi connectivity index (χ1v) is 7.11. The van der Waals surface area contributed by atoms with Gasteiger partial charge in [0.25, 0.3) is 5.91 Å². The molecule has 128 valence electrons. The Kier molecular flexibility index (Phi) is 5.41. The number of amides is 1. The third kappa shape index (κ3) is 3.83. The van der Waals surface area contributed by atoms with Gasteiger partial charge in [-0.25, -0.2) is 4.98 Å². The van der Waals surface area contributed by atoms with E-state index in [0.717, 1.165) is 6.39 Å². The summed E-state index contributed by atoms with van der Waals surface area (Å²) in [6, 6.07) is 4.18. The lowest BCUT2D eigenvalue weighted by Gasteiger charge is -2.18. The molecule has 24 heavy (non-hydrogen) atoms. The van der Waals surface area contributed by atoms with E-state index >= 15 is 0 Å². The largest absolute Gasteiger partial charge is 0.493 e. The summed E-state index contributed by atoms with van der Waals surface area (Å²) in [6.45, 7) is 1.63. The van der Waals surface area contributed by atoms with Crippen LogP contribution < -0.4 is 14.8 Å². The van der Waals surface area contributed by atoms with Crippen LogP contribution in [0.4, 0.5) is 0 Å². The Balaban J connectivity index is 2.30. The molecule has 1 aromatic heterocycles. The van der Waals surface area contributed by atoms with Crippen molar-refractivity contribution >= 4 is 11.9 Å². The lowest BCUT2D eigenvalue weighted by molar-refractivity contribution is -0.137. The van der Waals surface area contributed by atoms with E-state index in [9.17, 15) is 9.59 Å². The van der Waals surface area contributed by atoms with Crippen molar-refractivity contribution in [1.29, 1.82) is 0 Å². The number of carbonyl (C=O) groups excluding carboxylic acids is 1. The lowest BCUT2D eigenvalue weighted by atomic mass is 10.0. The number of carboxylic acids is 1. The zero-order valence-electron chi connectivity index (χ0n) is 13.5. The van der Waals surface area contributed by atoms with Crippen molar-refractivity contribution in [2.45, 2.75) is 19.4 Å². The second-order valence-corrected chi connectivity index (χ2v) is 5.01. The first-order valence-electron chi connectivity index (χ1n) is 7.11. The SMILES string of the molecule is COc1ccc(C(CC(=O)O)NC(=O)c2ocnc2C)cc1OC. The van der Waals surface area contributed by atoms with Crippen LogP contribution in [0.2, 0.25) is 0 Å². The van der Waals surface area contributed by atoms with Gasteiger partial charge in [-0.1, -0.05) is 6.07 Å². The number of aliphatic carboxylic acids is 1. The molecule has 0 bridgehead atoms. The number of oxazole rings is 1. The van der Waals surface area contributed by atoms with E-state index in [0.29, 0.717) is 22.8 Å². The molecule has 2 N–H and O–H groups in total. The molecule has 0 spiro atoms. The second kappa shape index (κ2) is 7.49. The molecule has 0 radical (unpaired) electrons. The highest BCUT2D eigenvalue weighted by Gasteiger charge is 2.23. The molecule has 1 amide bonds. The van der Waals surface area contributed by atoms with Crippen LogP contribution in [0.25, 0.3) is 0 Å². The van der Waals surface area contributed by atoms with E-state index in [1.54, 1.807) is 25.1 Å². The van der Waals surface area contributed by atoms with E-state index in [1.165, 1.54) is 14.2 Å². The molecule has 2 rings (SSSR count). The molecule has 0 aliphatic carbocycles. The van der Waals surface area contributed by atoms with Crippen molar-refractivity contribution in [1.82, 2.24) is 10.3 Å². The Labute approximate surface area is 138 Å². The smallest absolute Gasteiger partial charge is 0.305 e. The monoisotopic (exact) mass is 334 g/mol. The summed E-state index contributed by atoms with van der Waals surface area (Å²) in [5, 5.41) is 11.8. The molecule has 1 aromatic carbocycles. The quantitative estimate of drug-likeness (QED) is 0.796. The van der Waals surface area contributed by atoms with Gasteiger partial charge in [0, 0.05) is 0 Å². The summed E-state index contributed by atoms with van der Waals surface area (Å²) in [4.78, 5) is 27.3. The maximum absolute atomic E-state index is 12.3. The standard InChI is InChI=1S/C16H18N2O6/c1-9-15(24-8-17-9)16(21)18-11(7-14(19)20)10-4-5-12(22-2)13(6-10)23-3/h4-6,8,11H,7H2,1-3H3,(H,18,21)(H,19,20). The van der Waals surface area contributed by atoms with Gasteiger partial charge in [-0.15, -0.1) is 0 Å². The van der Waals surface area contributed by atoms with Crippen molar-refractivity contribution in [3.8, 4) is 11.5 Å². The number of hydrogen-bond donors (Lipinski definition) is 2. The van der Waals surface area contributed by atoms with Gasteiger partial charge in [0.15, 0.2) is 17.9 Å². The predicted octanol–water partition coefficient (Wildman–Crippen LogP) is 1.95. The fourth-order valence-corrected chi connectivity index (χ4v) is 2.24. The summed E-state index contributed by atoms with van der Waals surface area (Å²) in [5.74, 6) is -0.593. The number of rotatable bonds is 7. The fraction of sp³-hybridized carbons (Fsp3) is 0.312. The maximum Gasteiger partial charge on any atom is 0.305 e. The van der Waals surface area contributed by atoms with Crippen molar-refractivity contribution in [3.05, 3.63) is 41.6 Å². The number of hydrogen-bond acceptors (Lipinski definition) is 6. The van der Waals surface area contributed by atoms with Crippen LogP contribution in [0.3, 0.4) is 0 Å². The Hall–Kier alpha value is -3.03. The maximum atomic E-state index is 12.3. The summed E-state index contributed by atoms with van der Waals surface area (Å²) in [7, 11) is 2.98. The number of nitrogens with zero attached hydrogens (tertiary/aromatic N) is 1. The first-order chi connectivity index (χ1) is 11.5. The highest BCUT2D eigenvalue weighted by molar-refractivity contribution is 5.92. The zero-order valence-corrected chi connectivity index (χ0v) is 13.5. The minimum Gasteiger partial charge on any atom is -0.493 e. The minimum atomic E-state index is -1.05. The van der Waals surface area contributed by atoms with E-state index in [1.807, 2.05) is 0 Å².